The maximum absolute atomic E-state index is 13.3. The number of hydrogen-bond donors (Lipinski definition) is 1. The van der Waals surface area contributed by atoms with Crippen molar-refractivity contribution in [2.45, 2.75) is 70.5 Å². The van der Waals surface area contributed by atoms with E-state index < -0.39 is 6.04 Å². The number of nitrogens with zero attached hydrogens (tertiary/aromatic N) is 1. The number of hydrogen-bond acceptors (Lipinski definition) is 4. The average molecular weight is 487 g/mol. The monoisotopic (exact) mass is 486 g/mol. The van der Waals surface area contributed by atoms with Crippen LogP contribution < -0.4 is 14.8 Å². The molecule has 0 aromatic heterocycles. The van der Waals surface area contributed by atoms with Crippen molar-refractivity contribution < 1.29 is 19.1 Å². The van der Waals surface area contributed by atoms with Gasteiger partial charge in [-0.2, -0.15) is 0 Å². The zero-order valence-electron chi connectivity index (χ0n) is 20.1. The van der Waals surface area contributed by atoms with Crippen LogP contribution in [0.1, 0.15) is 57.4 Å². The van der Waals surface area contributed by atoms with Crippen molar-refractivity contribution in [1.82, 2.24) is 10.2 Å². The highest BCUT2D eigenvalue weighted by atomic mass is 35.5. The molecule has 0 heterocycles. The number of amides is 2. The molecule has 2 amide bonds. The van der Waals surface area contributed by atoms with Gasteiger partial charge >= 0.3 is 0 Å². The van der Waals surface area contributed by atoms with Crippen molar-refractivity contribution in [1.29, 1.82) is 0 Å². The maximum Gasteiger partial charge on any atom is 0.243 e. The number of halogens is 1. The van der Waals surface area contributed by atoms with Gasteiger partial charge < -0.3 is 19.7 Å². The van der Waals surface area contributed by atoms with Crippen LogP contribution in [-0.2, 0) is 16.1 Å². The number of rotatable bonds is 12. The second-order valence-electron chi connectivity index (χ2n) is 8.69. The third-order valence-electron chi connectivity index (χ3n) is 6.19. The van der Waals surface area contributed by atoms with Crippen molar-refractivity contribution in [2.24, 2.45) is 0 Å². The van der Waals surface area contributed by atoms with Gasteiger partial charge in [-0.3, -0.25) is 9.59 Å². The Morgan fingerprint density at radius 1 is 1.12 bits per heavy atom. The summed E-state index contributed by atoms with van der Waals surface area (Å²) >= 11 is 5.91. The number of ether oxygens (including phenoxy) is 2. The molecule has 0 bridgehead atoms. The molecule has 3 rings (SSSR count). The SMILES string of the molecule is CCC(C(=O)NC1CCCC1)N(Cc1cccc(OC)c1)C(=O)CCCOc1ccc(Cl)cc1. The Bertz CT molecular complexity index is 928. The summed E-state index contributed by atoms with van der Waals surface area (Å²) in [7, 11) is 1.62. The van der Waals surface area contributed by atoms with E-state index in [-0.39, 0.29) is 17.9 Å². The van der Waals surface area contributed by atoms with Crippen molar-refractivity contribution >= 4 is 23.4 Å². The summed E-state index contributed by atoms with van der Waals surface area (Å²) in [5, 5.41) is 3.82. The van der Waals surface area contributed by atoms with E-state index >= 15 is 0 Å². The second kappa shape index (κ2) is 13.2. The van der Waals surface area contributed by atoms with Crippen LogP contribution >= 0.6 is 11.6 Å². The quantitative estimate of drug-likeness (QED) is 0.409. The second-order valence-corrected chi connectivity index (χ2v) is 9.13. The highest BCUT2D eigenvalue weighted by Crippen LogP contribution is 2.21. The largest absolute Gasteiger partial charge is 0.497 e. The molecule has 6 nitrogen and oxygen atoms in total. The summed E-state index contributed by atoms with van der Waals surface area (Å²) in [6.45, 7) is 2.71. The predicted octanol–water partition coefficient (Wildman–Crippen LogP) is 5.37. The minimum absolute atomic E-state index is 0.0593. The first-order valence-corrected chi connectivity index (χ1v) is 12.5. The summed E-state index contributed by atoms with van der Waals surface area (Å²) in [6.07, 6.45) is 5.70. The molecule has 1 atom stereocenters. The smallest absolute Gasteiger partial charge is 0.243 e. The third kappa shape index (κ3) is 7.66. The predicted molar refractivity (Wildman–Crippen MR) is 134 cm³/mol. The van der Waals surface area contributed by atoms with Crippen molar-refractivity contribution in [3.05, 3.63) is 59.1 Å². The molecule has 1 N–H and O–H groups in total. The number of carbonyl (C=O) groups is 2. The molecule has 0 aliphatic heterocycles. The van der Waals surface area contributed by atoms with E-state index in [0.29, 0.717) is 43.2 Å². The van der Waals surface area contributed by atoms with Crippen molar-refractivity contribution in [3.63, 3.8) is 0 Å². The van der Waals surface area contributed by atoms with Gasteiger partial charge in [0.25, 0.3) is 0 Å². The zero-order valence-corrected chi connectivity index (χ0v) is 20.9. The van der Waals surface area contributed by atoms with Gasteiger partial charge in [-0.05, 0) is 67.6 Å². The lowest BCUT2D eigenvalue weighted by Crippen LogP contribution is -2.50. The van der Waals surface area contributed by atoms with Gasteiger partial charge in [-0.1, -0.05) is 43.5 Å². The molecule has 1 fully saturated rings. The summed E-state index contributed by atoms with van der Waals surface area (Å²) in [5.41, 5.74) is 0.928. The van der Waals surface area contributed by atoms with Gasteiger partial charge in [0.1, 0.15) is 17.5 Å². The Kier molecular flexibility index (Phi) is 10.1. The highest BCUT2D eigenvalue weighted by molar-refractivity contribution is 6.30. The van der Waals surface area contributed by atoms with Crippen LogP contribution in [0.4, 0.5) is 0 Å². The van der Waals surface area contributed by atoms with Crippen LogP contribution in [0.2, 0.25) is 5.02 Å². The van der Waals surface area contributed by atoms with Gasteiger partial charge in [0.15, 0.2) is 0 Å². The lowest BCUT2D eigenvalue weighted by molar-refractivity contribution is -0.141. The number of carbonyl (C=O) groups excluding carboxylic acids is 2. The first-order chi connectivity index (χ1) is 16.5. The topological polar surface area (TPSA) is 67.9 Å². The lowest BCUT2D eigenvalue weighted by atomic mass is 10.1. The van der Waals surface area contributed by atoms with E-state index in [4.69, 9.17) is 21.1 Å². The fourth-order valence-corrected chi connectivity index (χ4v) is 4.47. The molecule has 0 radical (unpaired) electrons. The van der Waals surface area contributed by atoms with Gasteiger partial charge in [-0.15, -0.1) is 0 Å². The van der Waals surface area contributed by atoms with E-state index in [1.54, 1.807) is 36.3 Å². The van der Waals surface area contributed by atoms with E-state index in [0.717, 1.165) is 37.0 Å². The van der Waals surface area contributed by atoms with E-state index in [1.807, 2.05) is 31.2 Å². The van der Waals surface area contributed by atoms with E-state index in [2.05, 4.69) is 5.32 Å². The average Bonchev–Trinajstić information content (AvgIpc) is 3.35. The van der Waals surface area contributed by atoms with Crippen LogP contribution in [0.5, 0.6) is 11.5 Å². The molecule has 1 saturated carbocycles. The summed E-state index contributed by atoms with van der Waals surface area (Å²) < 4.78 is 11.1. The normalized spacial score (nSPS) is 14.4. The van der Waals surface area contributed by atoms with Gasteiger partial charge in [0, 0.05) is 24.0 Å². The Morgan fingerprint density at radius 2 is 1.85 bits per heavy atom. The first-order valence-electron chi connectivity index (χ1n) is 12.1. The van der Waals surface area contributed by atoms with Crippen LogP contribution in [-0.4, -0.2) is 42.5 Å². The summed E-state index contributed by atoms with van der Waals surface area (Å²) in [6, 6.07) is 14.5. The Morgan fingerprint density at radius 3 is 2.53 bits per heavy atom. The number of methoxy groups -OCH3 is 1. The van der Waals surface area contributed by atoms with Crippen LogP contribution in [0.25, 0.3) is 0 Å². The minimum atomic E-state index is -0.517. The Balaban J connectivity index is 1.66. The molecule has 0 spiro atoms. The van der Waals surface area contributed by atoms with Gasteiger partial charge in [-0.25, -0.2) is 0 Å². The van der Waals surface area contributed by atoms with Crippen LogP contribution in [0.15, 0.2) is 48.5 Å². The molecule has 34 heavy (non-hydrogen) atoms. The molecule has 1 unspecified atom stereocenters. The molecule has 1 aliphatic rings. The van der Waals surface area contributed by atoms with Crippen molar-refractivity contribution in [2.75, 3.05) is 13.7 Å². The molecule has 184 valence electrons. The van der Waals surface area contributed by atoms with Crippen molar-refractivity contribution in [3.8, 4) is 11.5 Å². The lowest BCUT2D eigenvalue weighted by Gasteiger charge is -2.31. The molecule has 0 saturated heterocycles. The van der Waals surface area contributed by atoms with E-state index in [1.165, 1.54) is 0 Å². The fraction of sp³-hybridized carbons (Fsp3) is 0.481. The Hall–Kier alpha value is -2.73. The van der Waals surface area contributed by atoms with Gasteiger partial charge in [0.05, 0.1) is 13.7 Å². The molecular weight excluding hydrogens is 452 g/mol. The standard InChI is InChI=1S/C27H35ClN2O4/c1-3-25(27(32)29-22-9-4-5-10-22)30(19-20-8-6-11-24(18-20)33-2)26(31)12-7-17-34-23-15-13-21(28)14-16-23/h6,8,11,13-16,18,22,25H,3-5,7,9-10,12,17,19H2,1-2H3,(H,29,32). The summed E-state index contributed by atoms with van der Waals surface area (Å²) in [5.74, 6) is 1.32. The molecule has 7 heteroatoms. The van der Waals surface area contributed by atoms with E-state index in [9.17, 15) is 9.59 Å². The fourth-order valence-electron chi connectivity index (χ4n) is 4.34. The maximum atomic E-state index is 13.3. The highest BCUT2D eigenvalue weighted by Gasteiger charge is 2.30. The number of nitrogens with one attached hydrogen (secondary N) is 1. The molecule has 2 aromatic carbocycles. The first kappa shape index (κ1) is 25.9. The van der Waals surface area contributed by atoms with Gasteiger partial charge in [0.2, 0.25) is 11.8 Å². The van der Waals surface area contributed by atoms with Crippen LogP contribution in [0, 0.1) is 0 Å². The minimum Gasteiger partial charge on any atom is -0.497 e. The molecule has 2 aromatic rings. The molecular formula is C27H35ClN2O4. The Labute approximate surface area is 207 Å². The zero-order chi connectivity index (χ0) is 24.3. The van der Waals surface area contributed by atoms with Crippen LogP contribution in [0.3, 0.4) is 0 Å². The third-order valence-corrected chi connectivity index (χ3v) is 6.44. The molecule has 1 aliphatic carbocycles. The number of benzene rings is 2. The summed E-state index contributed by atoms with van der Waals surface area (Å²) in [4.78, 5) is 28.2.